The standard InChI is InChI=1S/C14H16N4O3S/c1-10(14-13(21-3)9-18(2)16-14)17-22(19,20)12-6-4-5-11(7-12)8-15/h4-7,9-10,17H,1-3H3. The maximum Gasteiger partial charge on any atom is 0.241 e. The molecule has 8 heteroatoms. The van der Waals surface area contributed by atoms with Crippen LogP contribution in [0.1, 0.15) is 24.2 Å². The molecule has 0 spiro atoms. The van der Waals surface area contributed by atoms with Crippen molar-refractivity contribution in [2.75, 3.05) is 7.11 Å². The van der Waals surface area contributed by atoms with Crippen molar-refractivity contribution in [1.29, 1.82) is 5.26 Å². The maximum absolute atomic E-state index is 12.4. The van der Waals surface area contributed by atoms with Crippen molar-refractivity contribution in [2.24, 2.45) is 7.05 Å². The highest BCUT2D eigenvalue weighted by Gasteiger charge is 2.23. The topological polar surface area (TPSA) is 97.0 Å². The van der Waals surface area contributed by atoms with Gasteiger partial charge in [-0.05, 0) is 25.1 Å². The molecule has 1 atom stereocenters. The van der Waals surface area contributed by atoms with E-state index in [0.717, 1.165) is 0 Å². The highest BCUT2D eigenvalue weighted by molar-refractivity contribution is 7.89. The van der Waals surface area contributed by atoms with E-state index < -0.39 is 16.1 Å². The van der Waals surface area contributed by atoms with Gasteiger partial charge in [0.2, 0.25) is 10.0 Å². The molecule has 0 bridgehead atoms. The van der Waals surface area contributed by atoms with Crippen molar-refractivity contribution >= 4 is 10.0 Å². The van der Waals surface area contributed by atoms with Crippen LogP contribution < -0.4 is 9.46 Å². The second kappa shape index (κ2) is 6.17. The highest BCUT2D eigenvalue weighted by Crippen LogP contribution is 2.24. The smallest absolute Gasteiger partial charge is 0.241 e. The van der Waals surface area contributed by atoms with E-state index in [9.17, 15) is 8.42 Å². The Bertz CT molecular complexity index is 821. The van der Waals surface area contributed by atoms with Crippen LogP contribution in [0, 0.1) is 11.3 Å². The average molecular weight is 320 g/mol. The van der Waals surface area contributed by atoms with Crippen LogP contribution in [0.25, 0.3) is 0 Å². The van der Waals surface area contributed by atoms with Crippen molar-refractivity contribution in [3.8, 4) is 11.8 Å². The molecule has 1 unspecified atom stereocenters. The van der Waals surface area contributed by atoms with E-state index in [0.29, 0.717) is 11.4 Å². The summed E-state index contributed by atoms with van der Waals surface area (Å²) in [4.78, 5) is 0.0355. The Morgan fingerprint density at radius 1 is 1.45 bits per heavy atom. The van der Waals surface area contributed by atoms with Gasteiger partial charge in [-0.1, -0.05) is 6.07 Å². The van der Waals surface area contributed by atoms with E-state index in [2.05, 4.69) is 9.82 Å². The Morgan fingerprint density at radius 3 is 2.82 bits per heavy atom. The van der Waals surface area contributed by atoms with Gasteiger partial charge in [-0.15, -0.1) is 0 Å². The molecule has 2 aromatic rings. The maximum atomic E-state index is 12.4. The van der Waals surface area contributed by atoms with E-state index >= 15 is 0 Å². The molecule has 0 aliphatic rings. The molecule has 22 heavy (non-hydrogen) atoms. The Labute approximate surface area is 129 Å². The van der Waals surface area contributed by atoms with Crippen LogP contribution in [-0.4, -0.2) is 25.3 Å². The van der Waals surface area contributed by atoms with Gasteiger partial charge in [0.05, 0.1) is 35.9 Å². The molecule has 116 valence electrons. The molecular formula is C14H16N4O3S. The SMILES string of the molecule is COc1cn(C)nc1C(C)NS(=O)(=O)c1cccc(C#N)c1. The summed E-state index contributed by atoms with van der Waals surface area (Å²) in [6.45, 7) is 1.68. The normalized spacial score (nSPS) is 12.6. The van der Waals surface area contributed by atoms with Gasteiger partial charge in [0.25, 0.3) is 0 Å². The van der Waals surface area contributed by atoms with Crippen LogP contribution in [0.2, 0.25) is 0 Å². The van der Waals surface area contributed by atoms with Crippen molar-refractivity contribution in [3.05, 3.63) is 41.7 Å². The van der Waals surface area contributed by atoms with Gasteiger partial charge in [0.15, 0.2) is 5.75 Å². The summed E-state index contributed by atoms with van der Waals surface area (Å²) < 4.78 is 34.1. The molecule has 7 nitrogen and oxygen atoms in total. The fourth-order valence-electron chi connectivity index (χ4n) is 2.03. The number of nitrogens with one attached hydrogen (secondary N) is 1. The first-order valence-corrected chi connectivity index (χ1v) is 7.95. The predicted molar refractivity (Wildman–Crippen MR) is 79.7 cm³/mol. The fraction of sp³-hybridized carbons (Fsp3) is 0.286. The Hall–Kier alpha value is -2.37. The number of sulfonamides is 1. The number of ether oxygens (including phenoxy) is 1. The molecule has 0 fully saturated rings. The van der Waals surface area contributed by atoms with E-state index in [-0.39, 0.29) is 10.5 Å². The number of hydrogen-bond acceptors (Lipinski definition) is 5. The Morgan fingerprint density at radius 2 is 2.18 bits per heavy atom. The molecule has 1 aromatic carbocycles. The monoisotopic (exact) mass is 320 g/mol. The van der Waals surface area contributed by atoms with Crippen LogP contribution in [0.15, 0.2) is 35.4 Å². The zero-order valence-electron chi connectivity index (χ0n) is 12.4. The van der Waals surface area contributed by atoms with Crippen LogP contribution in [0.5, 0.6) is 5.75 Å². The van der Waals surface area contributed by atoms with Gasteiger partial charge in [-0.25, -0.2) is 13.1 Å². The first-order valence-electron chi connectivity index (χ1n) is 6.47. The summed E-state index contributed by atoms with van der Waals surface area (Å²) in [5, 5.41) is 13.1. The molecule has 2 rings (SSSR count). The molecule has 1 N–H and O–H groups in total. The molecule has 0 saturated carbocycles. The van der Waals surface area contributed by atoms with Gasteiger partial charge in [-0.3, -0.25) is 4.68 Å². The lowest BCUT2D eigenvalue weighted by atomic mass is 10.2. The first kappa shape index (κ1) is 16.0. The van der Waals surface area contributed by atoms with Crippen molar-refractivity contribution in [1.82, 2.24) is 14.5 Å². The third kappa shape index (κ3) is 3.27. The fourth-order valence-corrected chi connectivity index (χ4v) is 3.28. The number of nitriles is 1. The van der Waals surface area contributed by atoms with Crippen LogP contribution >= 0.6 is 0 Å². The number of aryl methyl sites for hydroxylation is 1. The lowest BCUT2D eigenvalue weighted by molar-refractivity contribution is 0.405. The summed E-state index contributed by atoms with van der Waals surface area (Å²) in [5.74, 6) is 0.503. The van der Waals surface area contributed by atoms with Gasteiger partial charge in [0.1, 0.15) is 5.69 Å². The third-order valence-corrected chi connectivity index (χ3v) is 4.60. The van der Waals surface area contributed by atoms with Gasteiger partial charge < -0.3 is 4.74 Å². The zero-order chi connectivity index (χ0) is 16.3. The molecule has 1 heterocycles. The lowest BCUT2D eigenvalue weighted by Crippen LogP contribution is -2.27. The van der Waals surface area contributed by atoms with E-state index in [1.165, 1.54) is 25.3 Å². The predicted octanol–water partition coefficient (Wildman–Crippen LogP) is 1.34. The number of aromatic nitrogens is 2. The molecule has 1 aromatic heterocycles. The number of rotatable bonds is 5. The second-order valence-corrected chi connectivity index (χ2v) is 6.45. The van der Waals surface area contributed by atoms with E-state index in [1.807, 2.05) is 6.07 Å². The third-order valence-electron chi connectivity index (χ3n) is 3.06. The van der Waals surface area contributed by atoms with Crippen molar-refractivity contribution < 1.29 is 13.2 Å². The minimum absolute atomic E-state index is 0.0355. The quantitative estimate of drug-likeness (QED) is 0.896. The molecule has 0 radical (unpaired) electrons. The van der Waals surface area contributed by atoms with E-state index in [4.69, 9.17) is 10.00 Å². The highest BCUT2D eigenvalue weighted by atomic mass is 32.2. The lowest BCUT2D eigenvalue weighted by Gasteiger charge is -2.13. The zero-order valence-corrected chi connectivity index (χ0v) is 13.3. The molecule has 0 aliphatic heterocycles. The van der Waals surface area contributed by atoms with Gasteiger partial charge in [0, 0.05) is 7.05 Å². The van der Waals surface area contributed by atoms with Gasteiger partial charge >= 0.3 is 0 Å². The van der Waals surface area contributed by atoms with Crippen LogP contribution in [0.4, 0.5) is 0 Å². The first-order chi connectivity index (χ1) is 10.4. The second-order valence-electron chi connectivity index (χ2n) is 4.74. The largest absolute Gasteiger partial charge is 0.493 e. The summed E-state index contributed by atoms with van der Waals surface area (Å²) in [6.07, 6.45) is 1.66. The van der Waals surface area contributed by atoms with Crippen LogP contribution in [0.3, 0.4) is 0 Å². The van der Waals surface area contributed by atoms with Crippen LogP contribution in [-0.2, 0) is 17.1 Å². The number of nitrogens with zero attached hydrogens (tertiary/aromatic N) is 3. The molecule has 0 amide bonds. The Balaban J connectivity index is 2.29. The summed E-state index contributed by atoms with van der Waals surface area (Å²) >= 11 is 0. The number of methoxy groups -OCH3 is 1. The van der Waals surface area contributed by atoms with Gasteiger partial charge in [-0.2, -0.15) is 10.4 Å². The number of hydrogen-bond donors (Lipinski definition) is 1. The summed E-state index contributed by atoms with van der Waals surface area (Å²) in [5.41, 5.74) is 0.774. The average Bonchev–Trinajstić information content (AvgIpc) is 2.88. The summed E-state index contributed by atoms with van der Waals surface area (Å²) in [6, 6.07) is 7.17. The van der Waals surface area contributed by atoms with E-state index in [1.54, 1.807) is 30.9 Å². The van der Waals surface area contributed by atoms with Crippen molar-refractivity contribution in [3.63, 3.8) is 0 Å². The summed E-state index contributed by atoms with van der Waals surface area (Å²) in [7, 11) is -0.538. The minimum atomic E-state index is -3.76. The van der Waals surface area contributed by atoms with Crippen molar-refractivity contribution in [2.45, 2.75) is 17.9 Å². The minimum Gasteiger partial charge on any atom is -0.493 e. The number of benzene rings is 1. The Kier molecular flexibility index (Phi) is 4.49. The molecule has 0 saturated heterocycles. The molecular weight excluding hydrogens is 304 g/mol. The molecule has 0 aliphatic carbocycles.